The van der Waals surface area contributed by atoms with Crippen LogP contribution in [0, 0.1) is 14.0 Å². The van der Waals surface area contributed by atoms with Gasteiger partial charge in [0.05, 0.1) is 0 Å². The molecule has 5 nitrogen and oxygen atoms in total. The quantitative estimate of drug-likeness (QED) is 0.498. The Labute approximate surface area is 52.8 Å². The maximum absolute atomic E-state index is 5.29. The van der Waals surface area contributed by atoms with Crippen LogP contribution in [0.25, 0.3) is 0 Å². The first-order chi connectivity index (χ1) is 4.24. The Kier molecular flexibility index (Phi) is 1.26. The highest BCUT2D eigenvalue weighted by molar-refractivity contribution is 5.22. The molecular formula is C4H8N5. The van der Waals surface area contributed by atoms with Crippen molar-refractivity contribution in [1.82, 2.24) is 14.9 Å². The Balaban J connectivity index is 2.98. The molecule has 0 aliphatic carbocycles. The van der Waals surface area contributed by atoms with Crippen molar-refractivity contribution in [1.29, 1.82) is 0 Å². The Morgan fingerprint density at radius 1 is 1.78 bits per heavy atom. The number of nitrogens with zero attached hydrogens (tertiary/aromatic N) is 3. The van der Waals surface area contributed by atoms with Crippen LogP contribution >= 0.6 is 0 Å². The van der Waals surface area contributed by atoms with Crippen LogP contribution in [0.2, 0.25) is 0 Å². The average Bonchev–Trinajstić information content (AvgIpc) is 2.13. The van der Waals surface area contributed by atoms with Gasteiger partial charge in [0.25, 0.3) is 0 Å². The van der Waals surface area contributed by atoms with Crippen LogP contribution in [0.3, 0.4) is 0 Å². The lowest BCUT2D eigenvalue weighted by Crippen LogP contribution is -2.11. The van der Waals surface area contributed by atoms with Crippen molar-refractivity contribution in [2.45, 2.75) is 6.92 Å². The molecular weight excluding hydrogens is 118 g/mol. The van der Waals surface area contributed by atoms with Crippen LogP contribution in [0.1, 0.15) is 5.82 Å². The number of nitrogens with two attached hydrogens (primary N) is 1. The molecule has 0 spiro atoms. The number of aryl methyl sites for hydroxylation is 1. The molecule has 3 N–H and O–H groups in total. The first-order valence-electron chi connectivity index (χ1n) is 2.46. The Bertz CT molecular complexity index is 183. The number of aromatic nitrogens is 3. The molecule has 0 unspecified atom stereocenters. The summed E-state index contributed by atoms with van der Waals surface area (Å²) in [4.78, 5) is 5.07. The van der Waals surface area contributed by atoms with Crippen LogP contribution in [0.5, 0.6) is 0 Å². The van der Waals surface area contributed by atoms with E-state index in [0.717, 1.165) is 0 Å². The van der Waals surface area contributed by atoms with E-state index in [9.17, 15) is 0 Å². The normalized spacial score (nSPS) is 9.56. The third-order valence-electron chi connectivity index (χ3n) is 0.960. The fourth-order valence-corrected chi connectivity index (χ4v) is 0.476. The number of anilines is 1. The summed E-state index contributed by atoms with van der Waals surface area (Å²) in [6.45, 7) is 1.76. The monoisotopic (exact) mass is 126 g/mol. The van der Waals surface area contributed by atoms with Crippen molar-refractivity contribution in [3.63, 3.8) is 0 Å². The van der Waals surface area contributed by atoms with E-state index in [-0.39, 0.29) is 0 Å². The van der Waals surface area contributed by atoms with Gasteiger partial charge in [-0.25, -0.2) is 0 Å². The van der Waals surface area contributed by atoms with Crippen molar-refractivity contribution in [2.24, 2.45) is 0 Å². The minimum atomic E-state index is 0.440. The van der Waals surface area contributed by atoms with Crippen molar-refractivity contribution in [3.05, 3.63) is 12.9 Å². The molecule has 1 radical (unpaired) electrons. The number of hydrogen-bond acceptors (Lipinski definition) is 4. The minimum Gasteiger partial charge on any atom is -0.351 e. The van der Waals surface area contributed by atoms with E-state index in [0.29, 0.717) is 11.8 Å². The highest BCUT2D eigenvalue weighted by Gasteiger charge is 1.98. The van der Waals surface area contributed by atoms with Gasteiger partial charge in [-0.2, -0.15) is 9.77 Å². The van der Waals surface area contributed by atoms with Gasteiger partial charge in [0, 0.05) is 7.05 Å². The van der Waals surface area contributed by atoms with Gasteiger partial charge >= 0.3 is 0 Å². The van der Waals surface area contributed by atoms with Gasteiger partial charge in [0.2, 0.25) is 5.95 Å². The predicted molar refractivity (Wildman–Crippen MR) is 33.9 cm³/mol. The molecule has 1 aromatic heterocycles. The standard InChI is InChI=1S/C4H8N5/c1-3-7-4(6-2)8-9(3)5/h2,5H2,1H3,(H,6,8). The van der Waals surface area contributed by atoms with Crippen LogP contribution in [0.4, 0.5) is 5.95 Å². The first kappa shape index (κ1) is 5.87. The summed E-state index contributed by atoms with van der Waals surface area (Å²) in [5, 5.41) is 6.25. The SMILES string of the molecule is [CH2]Nc1nc(C)n(N)n1. The van der Waals surface area contributed by atoms with E-state index < -0.39 is 0 Å². The van der Waals surface area contributed by atoms with E-state index in [4.69, 9.17) is 5.84 Å². The van der Waals surface area contributed by atoms with Crippen LogP contribution in [-0.4, -0.2) is 14.9 Å². The summed E-state index contributed by atoms with van der Waals surface area (Å²) in [6, 6.07) is 0. The van der Waals surface area contributed by atoms with Crippen LogP contribution < -0.4 is 11.2 Å². The fraction of sp³-hybridized carbons (Fsp3) is 0.250. The van der Waals surface area contributed by atoms with E-state index in [1.165, 1.54) is 4.79 Å². The van der Waals surface area contributed by atoms with Gasteiger partial charge < -0.3 is 11.2 Å². The van der Waals surface area contributed by atoms with Crippen molar-refractivity contribution >= 4 is 5.95 Å². The Hall–Kier alpha value is -1.26. The van der Waals surface area contributed by atoms with E-state index in [1.807, 2.05) is 0 Å². The lowest BCUT2D eigenvalue weighted by Gasteiger charge is -1.86. The Morgan fingerprint density at radius 2 is 2.44 bits per heavy atom. The largest absolute Gasteiger partial charge is 0.351 e. The zero-order valence-corrected chi connectivity index (χ0v) is 5.13. The zero-order valence-electron chi connectivity index (χ0n) is 5.13. The topological polar surface area (TPSA) is 68.8 Å². The minimum absolute atomic E-state index is 0.440. The first-order valence-corrected chi connectivity index (χ1v) is 2.46. The summed E-state index contributed by atoms with van der Waals surface area (Å²) < 4.78 is 0. The van der Waals surface area contributed by atoms with Crippen molar-refractivity contribution < 1.29 is 0 Å². The number of hydrogen-bond donors (Lipinski definition) is 2. The molecule has 1 heterocycles. The van der Waals surface area contributed by atoms with Gasteiger partial charge in [-0.1, -0.05) is 0 Å². The predicted octanol–water partition coefficient (Wildman–Crippen LogP) is -0.496. The molecule has 0 fully saturated rings. The van der Waals surface area contributed by atoms with Crippen molar-refractivity contribution in [3.8, 4) is 0 Å². The Morgan fingerprint density at radius 3 is 2.67 bits per heavy atom. The molecule has 0 aromatic carbocycles. The van der Waals surface area contributed by atoms with Crippen molar-refractivity contribution in [2.75, 3.05) is 11.2 Å². The third-order valence-corrected chi connectivity index (χ3v) is 0.960. The lowest BCUT2D eigenvalue weighted by atomic mass is 10.7. The number of nitrogens with one attached hydrogen (secondary N) is 1. The summed E-state index contributed by atoms with van der Waals surface area (Å²) in [7, 11) is 3.37. The highest BCUT2D eigenvalue weighted by atomic mass is 15.5. The molecule has 0 saturated carbocycles. The van der Waals surface area contributed by atoms with E-state index in [1.54, 1.807) is 6.92 Å². The fourth-order valence-electron chi connectivity index (χ4n) is 0.476. The van der Waals surface area contributed by atoms with Gasteiger partial charge in [0.15, 0.2) is 0 Å². The smallest absolute Gasteiger partial charge is 0.244 e. The molecule has 0 bridgehead atoms. The molecule has 1 rings (SSSR count). The van der Waals surface area contributed by atoms with E-state index in [2.05, 4.69) is 22.4 Å². The zero-order chi connectivity index (χ0) is 6.85. The summed E-state index contributed by atoms with van der Waals surface area (Å²) in [5.41, 5.74) is 0. The molecule has 0 atom stereocenters. The second-order valence-corrected chi connectivity index (χ2v) is 1.60. The molecule has 1 aromatic rings. The van der Waals surface area contributed by atoms with Gasteiger partial charge in [-0.3, -0.25) is 0 Å². The molecule has 0 amide bonds. The molecule has 5 heteroatoms. The maximum atomic E-state index is 5.29. The number of nitrogen functional groups attached to an aromatic ring is 1. The van der Waals surface area contributed by atoms with Crippen LogP contribution in [0.15, 0.2) is 0 Å². The van der Waals surface area contributed by atoms with Gasteiger partial charge in [-0.05, 0) is 6.92 Å². The van der Waals surface area contributed by atoms with Gasteiger partial charge in [0.1, 0.15) is 5.82 Å². The summed E-state index contributed by atoms with van der Waals surface area (Å²) >= 11 is 0. The van der Waals surface area contributed by atoms with Crippen LogP contribution in [-0.2, 0) is 0 Å². The average molecular weight is 126 g/mol. The molecule has 0 aliphatic heterocycles. The molecule has 49 valence electrons. The maximum Gasteiger partial charge on any atom is 0.244 e. The molecule has 9 heavy (non-hydrogen) atoms. The third kappa shape index (κ3) is 0.933. The second kappa shape index (κ2) is 1.93. The second-order valence-electron chi connectivity index (χ2n) is 1.60. The van der Waals surface area contributed by atoms with Gasteiger partial charge in [-0.15, -0.1) is 5.10 Å². The lowest BCUT2D eigenvalue weighted by molar-refractivity contribution is 0.796. The summed E-state index contributed by atoms with van der Waals surface area (Å²) in [5.74, 6) is 6.39. The summed E-state index contributed by atoms with van der Waals surface area (Å²) in [6.07, 6.45) is 0. The molecule has 0 saturated heterocycles. The van der Waals surface area contributed by atoms with E-state index >= 15 is 0 Å². The number of rotatable bonds is 1. The highest BCUT2D eigenvalue weighted by Crippen LogP contribution is 1.95. The molecule has 0 aliphatic rings.